The van der Waals surface area contributed by atoms with Gasteiger partial charge in [-0.05, 0) is 6.92 Å². The molecule has 0 saturated carbocycles. The van der Waals surface area contributed by atoms with Crippen LogP contribution in [0.25, 0.3) is 0 Å². The van der Waals surface area contributed by atoms with Crippen LogP contribution in [-0.4, -0.2) is 40.9 Å². The third-order valence-electron chi connectivity index (χ3n) is 2.98. The van der Waals surface area contributed by atoms with Gasteiger partial charge in [0.05, 0.1) is 12.0 Å². The minimum Gasteiger partial charge on any atom is -0.468 e. The van der Waals surface area contributed by atoms with E-state index in [9.17, 15) is 14.9 Å². The molecule has 1 rings (SSSR count). The summed E-state index contributed by atoms with van der Waals surface area (Å²) < 4.78 is 6.06. The number of aryl methyl sites for hydroxylation is 1. The van der Waals surface area contributed by atoms with Gasteiger partial charge in [-0.25, -0.2) is 4.68 Å². The van der Waals surface area contributed by atoms with Gasteiger partial charge in [-0.1, -0.05) is 13.8 Å². The predicted octanol–water partition coefficient (Wildman–Crippen LogP) is 1.45. The van der Waals surface area contributed by atoms with Crippen molar-refractivity contribution in [2.45, 2.75) is 26.7 Å². The Morgan fingerprint density at radius 2 is 2.15 bits per heavy atom. The number of likely N-dealkylation sites (N-methyl/N-ethyl adjacent to an activating group) is 1. The largest absolute Gasteiger partial charge is 0.468 e. The Kier molecular flexibility index (Phi) is 5.06. The second-order valence-corrected chi connectivity index (χ2v) is 4.68. The van der Waals surface area contributed by atoms with Gasteiger partial charge in [-0.2, -0.15) is 5.10 Å². The lowest BCUT2D eigenvalue weighted by molar-refractivity contribution is -0.385. The van der Waals surface area contributed by atoms with Gasteiger partial charge in [0.15, 0.2) is 0 Å². The van der Waals surface area contributed by atoms with E-state index in [4.69, 9.17) is 0 Å². The van der Waals surface area contributed by atoms with Crippen LogP contribution in [0.1, 0.15) is 32.4 Å². The monoisotopic (exact) mass is 284 g/mol. The van der Waals surface area contributed by atoms with Crippen molar-refractivity contribution in [3.8, 4) is 0 Å². The van der Waals surface area contributed by atoms with E-state index in [2.05, 4.69) is 9.84 Å². The van der Waals surface area contributed by atoms with Crippen LogP contribution in [0.4, 0.5) is 11.5 Å². The number of hydrogen-bond acceptors (Lipinski definition) is 6. The number of rotatable bonds is 6. The fourth-order valence-corrected chi connectivity index (χ4v) is 2.00. The van der Waals surface area contributed by atoms with E-state index in [1.807, 2.05) is 20.8 Å². The summed E-state index contributed by atoms with van der Waals surface area (Å²) in [5.41, 5.74) is 0.365. The highest BCUT2D eigenvalue weighted by Crippen LogP contribution is 2.35. The minimum atomic E-state index is -0.451. The van der Waals surface area contributed by atoms with Gasteiger partial charge >= 0.3 is 11.7 Å². The summed E-state index contributed by atoms with van der Waals surface area (Å²) in [4.78, 5) is 23.9. The average molecular weight is 284 g/mol. The minimum absolute atomic E-state index is 0.0479. The Bertz CT molecular complexity index is 510. The molecule has 0 aliphatic carbocycles. The molecular formula is C12H20N4O4. The zero-order valence-electron chi connectivity index (χ0n) is 12.4. The number of nitro groups is 1. The van der Waals surface area contributed by atoms with Gasteiger partial charge < -0.3 is 9.64 Å². The fourth-order valence-electron chi connectivity index (χ4n) is 2.00. The molecule has 0 N–H and O–H groups in total. The maximum atomic E-state index is 11.4. The Labute approximate surface area is 117 Å². The highest BCUT2D eigenvalue weighted by Gasteiger charge is 2.32. The summed E-state index contributed by atoms with van der Waals surface area (Å²) in [7, 11) is 2.92. The molecule has 0 aromatic carbocycles. The van der Waals surface area contributed by atoms with Crippen molar-refractivity contribution in [1.29, 1.82) is 0 Å². The van der Waals surface area contributed by atoms with E-state index >= 15 is 0 Å². The normalized spacial score (nSPS) is 10.7. The number of esters is 1. The summed E-state index contributed by atoms with van der Waals surface area (Å²) in [6.07, 6.45) is 0. The molecule has 112 valence electrons. The summed E-state index contributed by atoms with van der Waals surface area (Å²) in [6, 6.07) is 0. The van der Waals surface area contributed by atoms with Crippen molar-refractivity contribution in [2.24, 2.45) is 7.05 Å². The zero-order valence-corrected chi connectivity index (χ0v) is 12.4. The molecule has 0 spiro atoms. The summed E-state index contributed by atoms with van der Waals surface area (Å²) in [6.45, 7) is 5.89. The van der Waals surface area contributed by atoms with Gasteiger partial charge in [0.1, 0.15) is 12.2 Å². The quantitative estimate of drug-likeness (QED) is 0.446. The Hall–Kier alpha value is -2.12. The summed E-state index contributed by atoms with van der Waals surface area (Å²) in [5, 5.41) is 15.6. The van der Waals surface area contributed by atoms with Crippen LogP contribution in [0.15, 0.2) is 0 Å². The maximum Gasteiger partial charge on any atom is 0.334 e. The van der Waals surface area contributed by atoms with Gasteiger partial charge in [0, 0.05) is 19.5 Å². The van der Waals surface area contributed by atoms with Crippen LogP contribution in [-0.2, 0) is 16.6 Å². The molecule has 0 atom stereocenters. The first-order valence-electron chi connectivity index (χ1n) is 6.36. The molecule has 0 unspecified atom stereocenters. The number of ether oxygens (including phenoxy) is 1. The molecule has 0 radical (unpaired) electrons. The van der Waals surface area contributed by atoms with Crippen LogP contribution in [0.2, 0.25) is 0 Å². The van der Waals surface area contributed by atoms with Crippen molar-refractivity contribution in [3.05, 3.63) is 15.8 Å². The SMILES string of the molecule is CCN(CC(=O)OC)c1c([N+](=O)[O-])c(C(C)C)nn1C. The molecule has 20 heavy (non-hydrogen) atoms. The van der Waals surface area contributed by atoms with E-state index in [-0.39, 0.29) is 18.2 Å². The molecule has 0 aliphatic heterocycles. The molecule has 1 heterocycles. The first-order chi connectivity index (χ1) is 9.33. The first-order valence-corrected chi connectivity index (χ1v) is 6.36. The van der Waals surface area contributed by atoms with Crippen LogP contribution in [0.3, 0.4) is 0 Å². The molecule has 0 fully saturated rings. The second-order valence-electron chi connectivity index (χ2n) is 4.68. The first kappa shape index (κ1) is 15.9. The molecule has 0 amide bonds. The molecule has 0 bridgehead atoms. The number of nitrogens with zero attached hydrogens (tertiary/aromatic N) is 4. The van der Waals surface area contributed by atoms with Crippen LogP contribution < -0.4 is 4.90 Å². The van der Waals surface area contributed by atoms with E-state index in [1.54, 1.807) is 11.9 Å². The predicted molar refractivity (Wildman–Crippen MR) is 73.9 cm³/mol. The summed E-state index contributed by atoms with van der Waals surface area (Å²) in [5.74, 6) is -0.202. The van der Waals surface area contributed by atoms with Gasteiger partial charge in [-0.15, -0.1) is 0 Å². The van der Waals surface area contributed by atoms with Crippen molar-refractivity contribution in [3.63, 3.8) is 0 Å². The number of aromatic nitrogens is 2. The van der Waals surface area contributed by atoms with Crippen molar-refractivity contribution in [1.82, 2.24) is 9.78 Å². The number of carbonyl (C=O) groups is 1. The fraction of sp³-hybridized carbons (Fsp3) is 0.667. The lowest BCUT2D eigenvalue weighted by Crippen LogP contribution is -2.32. The Morgan fingerprint density at radius 1 is 1.55 bits per heavy atom. The van der Waals surface area contributed by atoms with Gasteiger partial charge in [0.25, 0.3) is 0 Å². The average Bonchev–Trinajstić information content (AvgIpc) is 2.73. The van der Waals surface area contributed by atoms with Crippen LogP contribution in [0.5, 0.6) is 0 Å². The third-order valence-corrected chi connectivity index (χ3v) is 2.98. The topological polar surface area (TPSA) is 90.5 Å². The number of carbonyl (C=O) groups excluding carboxylic acids is 1. The number of anilines is 1. The smallest absolute Gasteiger partial charge is 0.334 e. The molecule has 0 saturated heterocycles. The molecule has 8 nitrogen and oxygen atoms in total. The van der Waals surface area contributed by atoms with Crippen molar-refractivity contribution < 1.29 is 14.5 Å². The van der Waals surface area contributed by atoms with E-state index in [0.717, 1.165) is 0 Å². The second kappa shape index (κ2) is 6.36. The Morgan fingerprint density at radius 3 is 2.55 bits per heavy atom. The van der Waals surface area contributed by atoms with E-state index < -0.39 is 10.9 Å². The zero-order chi connectivity index (χ0) is 15.4. The molecule has 0 aliphatic rings. The Balaban J connectivity index is 3.34. The van der Waals surface area contributed by atoms with Crippen molar-refractivity contribution >= 4 is 17.5 Å². The molecular weight excluding hydrogens is 264 g/mol. The highest BCUT2D eigenvalue weighted by molar-refractivity contribution is 5.77. The van der Waals surface area contributed by atoms with E-state index in [1.165, 1.54) is 11.8 Å². The molecule has 1 aromatic rings. The number of hydrogen-bond donors (Lipinski definition) is 0. The lowest BCUT2D eigenvalue weighted by Gasteiger charge is -2.20. The highest BCUT2D eigenvalue weighted by atomic mass is 16.6. The van der Waals surface area contributed by atoms with Gasteiger partial charge in [0.2, 0.25) is 5.82 Å². The maximum absolute atomic E-state index is 11.4. The van der Waals surface area contributed by atoms with Crippen LogP contribution >= 0.6 is 0 Å². The van der Waals surface area contributed by atoms with Crippen LogP contribution in [0, 0.1) is 10.1 Å². The molecule has 1 aromatic heterocycles. The van der Waals surface area contributed by atoms with Gasteiger partial charge in [-0.3, -0.25) is 14.9 Å². The lowest BCUT2D eigenvalue weighted by atomic mass is 10.1. The number of methoxy groups -OCH3 is 1. The van der Waals surface area contributed by atoms with E-state index in [0.29, 0.717) is 18.1 Å². The molecule has 8 heteroatoms. The van der Waals surface area contributed by atoms with Crippen molar-refractivity contribution in [2.75, 3.05) is 25.1 Å². The standard InChI is InChI=1S/C12H20N4O4/c1-6-15(7-9(17)20-5)12-11(16(18)19)10(8(2)3)13-14(12)4/h8H,6-7H2,1-5H3. The summed E-state index contributed by atoms with van der Waals surface area (Å²) >= 11 is 0. The third kappa shape index (κ3) is 3.06.